The zero-order valence-electron chi connectivity index (χ0n) is 59.5. The fourth-order valence-electron chi connectivity index (χ4n) is 5.80. The van der Waals surface area contributed by atoms with Crippen molar-refractivity contribution in [2.45, 2.75) is 51.7 Å². The molecule has 23 nitrogen and oxygen atoms in total. The van der Waals surface area contributed by atoms with Gasteiger partial charge in [0.1, 0.15) is 17.9 Å². The van der Waals surface area contributed by atoms with Crippen LogP contribution in [-0.2, 0) is 52.5 Å². The molecule has 3 aromatic rings. The van der Waals surface area contributed by atoms with Crippen LogP contribution in [0.2, 0.25) is 0 Å². The van der Waals surface area contributed by atoms with Gasteiger partial charge in [0, 0.05) is 149 Å². The van der Waals surface area contributed by atoms with E-state index in [-0.39, 0.29) is 50.9 Å². The first-order chi connectivity index (χ1) is 55.0. The lowest BCUT2D eigenvalue weighted by atomic mass is 10.0. The third kappa shape index (κ3) is 69.5. The van der Waals surface area contributed by atoms with Crippen molar-refractivity contribution in [3.63, 3.8) is 0 Å². The van der Waals surface area contributed by atoms with Gasteiger partial charge in [-0.1, -0.05) is 95.0 Å². The van der Waals surface area contributed by atoms with E-state index >= 15 is 0 Å². The average Bonchev–Trinajstić information content (AvgIpc) is 0.853. The maximum absolute atomic E-state index is 13.4. The summed E-state index contributed by atoms with van der Waals surface area (Å²) in [4.78, 5) is 37.9. The monoisotopic (exact) mass is 1530 g/mol. The van der Waals surface area contributed by atoms with E-state index in [1.165, 1.54) is 6.92 Å². The summed E-state index contributed by atoms with van der Waals surface area (Å²) in [5.41, 5.74) is 20.6. The van der Waals surface area contributed by atoms with Crippen LogP contribution in [0.1, 0.15) is 43.4 Å². The largest absolute Gasteiger partial charge is 0.384 e. The highest BCUT2D eigenvalue weighted by Gasteiger charge is 2.29. The number of hydrogen-bond acceptors (Lipinski definition) is 15. The lowest BCUT2D eigenvalue weighted by Gasteiger charge is -2.23. The van der Waals surface area contributed by atoms with Gasteiger partial charge in [0.05, 0.1) is 5.75 Å². The molecule has 0 saturated heterocycles. The van der Waals surface area contributed by atoms with E-state index in [0.717, 1.165) is 16.7 Å². The van der Waals surface area contributed by atoms with Gasteiger partial charge in [-0.2, -0.15) is 19.0 Å². The summed E-state index contributed by atoms with van der Waals surface area (Å²) in [7, 11) is -3.78. The molecule has 0 aliphatic heterocycles. The van der Waals surface area contributed by atoms with Gasteiger partial charge in [-0.15, -0.1) is 19.3 Å². The van der Waals surface area contributed by atoms with Crippen LogP contribution >= 0.6 is 13.5 Å². The molecule has 0 saturated carbocycles. The molecule has 3 rings (SSSR count). The number of nitrogens with one attached hydrogen (secondary N) is 5. The molecule has 3 aromatic carbocycles. The molecule has 546 valence electrons. The maximum Gasteiger partial charge on any atom is 0.242 e. The Morgan fingerprint density at radius 1 is 0.465 bits per heavy atom. The molecule has 0 bridgehead atoms. The van der Waals surface area contributed by atoms with Crippen LogP contribution in [0.3, 0.4) is 0 Å². The van der Waals surface area contributed by atoms with E-state index in [1.54, 1.807) is 31.2 Å². The molecule has 0 aromatic heterocycles. The van der Waals surface area contributed by atoms with Gasteiger partial charge in [-0.25, -0.2) is 34.2 Å². The number of carbonyl (C=O) groups excluding carboxylic acids is 3. The van der Waals surface area contributed by atoms with Crippen LogP contribution in [-0.4, -0.2) is 70.8 Å². The second-order valence-corrected chi connectivity index (χ2v) is 19.4. The zero-order chi connectivity index (χ0) is 83.8. The van der Waals surface area contributed by atoms with E-state index in [9.17, 15) is 22.8 Å². The van der Waals surface area contributed by atoms with Crippen molar-refractivity contribution in [3.05, 3.63) is 95.6 Å². The minimum Gasteiger partial charge on any atom is -0.384 e. The van der Waals surface area contributed by atoms with Crippen molar-refractivity contribution in [2.24, 2.45) is 33.0 Å². The van der Waals surface area contributed by atoms with E-state index in [1.807, 2.05) is 54.6 Å². The van der Waals surface area contributed by atoms with Gasteiger partial charge in [-0.05, 0) is 259 Å². The summed E-state index contributed by atoms with van der Waals surface area (Å²) < 4.78 is 27.3. The highest BCUT2D eigenvalue weighted by atomic mass is 32.2. The SMILES string of the molecule is C#CC#CC#CC#CC#CC#CC#CC#CC#CC#CC#CC#CC#CC#CC.C#CC#CC#CC#CC#CC#CC#CC#CC#CC#CC#CC#CC#CC#CC#C.CCS(=O)(=O)N[C@H](Cc1ccc(-c2ccccc2)cc1)C(=O)N[C@@H](CCC(N)=O)C(=O)NCc1ccc(C(=N)N)cc1.N=N/N=N/N.OOO.OOOO.S. The highest BCUT2D eigenvalue weighted by molar-refractivity contribution is 7.89. The Balaban J connectivity index is -0.000000752. The van der Waals surface area contributed by atoms with Crippen LogP contribution in [0.4, 0.5) is 0 Å². The first-order valence-electron chi connectivity index (χ1n) is 29.8. The van der Waals surface area contributed by atoms with Gasteiger partial charge >= 0.3 is 0 Å². The zero-order valence-corrected chi connectivity index (χ0v) is 61.3. The van der Waals surface area contributed by atoms with Crippen molar-refractivity contribution >= 4 is 47.1 Å². The van der Waals surface area contributed by atoms with Crippen LogP contribution in [0.25, 0.3) is 11.1 Å². The number of primary amides is 1. The fourth-order valence-corrected chi connectivity index (χ4v) is 6.59. The molecule has 0 aliphatic rings. The Morgan fingerprint density at radius 2 is 0.763 bits per heavy atom. The second kappa shape index (κ2) is 78.9. The Labute approximate surface area is 670 Å². The number of rotatable bonds is 17. The average molecular weight is 1530 g/mol. The Bertz CT molecular complexity index is 5930. The number of nitrogens with zero attached hydrogens (tertiary/aromatic N) is 3. The highest BCUT2D eigenvalue weighted by Crippen LogP contribution is 2.20. The van der Waals surface area contributed by atoms with Gasteiger partial charge < -0.3 is 27.9 Å². The number of sulfonamides is 1. The predicted molar refractivity (Wildman–Crippen MR) is 434 cm³/mol. The summed E-state index contributed by atoms with van der Waals surface area (Å²) in [6.07, 6.45) is 14.5. The second-order valence-electron chi connectivity index (χ2n) is 17.3. The molecule has 25 heteroatoms. The summed E-state index contributed by atoms with van der Waals surface area (Å²) in [6, 6.07) is 21.5. The Hall–Kier alpha value is -18.2. The molecule has 15 N–H and O–H groups in total. The number of carbonyl (C=O) groups is 3. The predicted octanol–water partition coefficient (Wildman–Crippen LogP) is 2.74. The summed E-state index contributed by atoms with van der Waals surface area (Å²) in [5.74, 6) is 137. The van der Waals surface area contributed by atoms with Crippen molar-refractivity contribution in [1.29, 1.82) is 10.9 Å². The minimum absolute atomic E-state index is 0. The van der Waals surface area contributed by atoms with Gasteiger partial charge in [0.25, 0.3) is 0 Å². The van der Waals surface area contributed by atoms with Gasteiger partial charge in [-0.3, -0.25) is 19.8 Å². The lowest BCUT2D eigenvalue weighted by Crippen LogP contribution is -2.54. The molecule has 3 amide bonds. The molecule has 0 radical (unpaired) electrons. The summed E-state index contributed by atoms with van der Waals surface area (Å²) in [6.45, 7) is 3.26. The van der Waals surface area contributed by atoms with Crippen molar-refractivity contribution in [3.8, 4) is 356 Å². The van der Waals surface area contributed by atoms with Crippen LogP contribution in [0, 0.1) is 356 Å². The van der Waals surface area contributed by atoms with Gasteiger partial charge in [0.15, 0.2) is 0 Å². The quantitative estimate of drug-likeness (QED) is 0.0176. The topological polar surface area (TPSA) is 393 Å². The van der Waals surface area contributed by atoms with Crippen LogP contribution in [0.5, 0.6) is 0 Å². The molecule has 114 heavy (non-hydrogen) atoms. The minimum atomic E-state index is -3.78. The molecule has 0 fully saturated rings. The molecule has 0 spiro atoms. The third-order valence-electron chi connectivity index (χ3n) is 10.1. The first kappa shape index (κ1) is 102. The van der Waals surface area contributed by atoms with E-state index < -0.39 is 39.8 Å². The van der Waals surface area contributed by atoms with E-state index in [4.69, 9.17) is 62.7 Å². The maximum atomic E-state index is 13.4. The smallest absolute Gasteiger partial charge is 0.242 e. The number of nitrogen functional groups attached to an aromatic ring is 1. The van der Waals surface area contributed by atoms with Crippen LogP contribution < -0.4 is 32.7 Å². The lowest BCUT2D eigenvalue weighted by molar-refractivity contribution is -0.611. The molecule has 0 aliphatic carbocycles. The number of terminal acetylenes is 3. The number of amidine groups is 1. The first-order valence-corrected chi connectivity index (χ1v) is 31.5. The number of benzene rings is 3. The normalized spacial score (nSPS) is 7.43. The van der Waals surface area contributed by atoms with Crippen molar-refractivity contribution in [1.82, 2.24) is 15.4 Å². The molecule has 0 unspecified atom stereocenters. The number of hydrogen-bond donors (Lipinski definition) is 12. The van der Waals surface area contributed by atoms with Crippen molar-refractivity contribution < 1.29 is 58.9 Å². The van der Waals surface area contributed by atoms with Gasteiger partial charge in [0.2, 0.25) is 27.7 Å². The fraction of sp³-hybridized carbons (Fsp3) is 0.101. The summed E-state index contributed by atoms with van der Waals surface area (Å²) >= 11 is 0. The molecular formula is C89H51N11O12S2. The summed E-state index contributed by atoms with van der Waals surface area (Å²) in [5, 5.41) is 55.0. The van der Waals surface area contributed by atoms with Crippen LogP contribution in [0.15, 0.2) is 94.5 Å². The van der Waals surface area contributed by atoms with E-state index in [2.05, 4.69) is 378 Å². The third-order valence-corrected chi connectivity index (χ3v) is 11.5. The Kier molecular flexibility index (Phi) is 70.7. The Morgan fingerprint density at radius 3 is 1.02 bits per heavy atom. The number of amides is 3. The molecule has 2 atom stereocenters. The van der Waals surface area contributed by atoms with Crippen molar-refractivity contribution in [2.75, 3.05) is 5.75 Å². The standard InChI is InChI=1S/C30H36N6O5S.C30H2.C29H4.H3N5.H2O4.H2O3.H2S/c1-2-42(40,41)36-26(18-20-8-12-23(13-9-20)22-6-4-3-5-7-22)30(39)35-25(16-17-27(31)37)29(38)34-19-21-10-14-24(15-11-21)28(32)33;1-3-5-7-9-11-13-15-17-19-21-23-25-27-29-30-28-26-24-22-20-18-16-14-12-10-8-6-4-2;1-3-5-7-9-11-13-15-17-19-21-23-25-27-29-28-26-24-22-20-18-16-14-12-10-8-6-4-2;1-3-5-4-2;1-3-4-2;1-3-2;/h3-15,25-26,36H,2,16-19H2,1H3,(H2,31,37)(H3,32,33)(H,34,38)(H,35,39);1-2H;1H,2H3;(H3,1,2,5);1-2H;1-2H;1H2/t25-,26+;;;;;;/m0....../s1. The molecular weight excluding hydrogens is 1480 g/mol. The molecule has 0 heterocycles. The number of nitrogens with two attached hydrogens (primary N) is 3. The van der Waals surface area contributed by atoms with E-state index in [0.29, 0.717) is 11.1 Å².